The molecule has 0 unspecified atom stereocenters. The molecule has 0 atom stereocenters. The van der Waals surface area contributed by atoms with Crippen LogP contribution >= 0.6 is 11.6 Å². The van der Waals surface area contributed by atoms with Gasteiger partial charge in [-0.25, -0.2) is 4.79 Å². The molecular formula is C15H13ClO3. The topological polar surface area (TPSA) is 35.5 Å². The summed E-state index contributed by atoms with van der Waals surface area (Å²) in [5, 5.41) is 0.671. The molecule has 4 heteroatoms. The van der Waals surface area contributed by atoms with E-state index >= 15 is 0 Å². The maximum atomic E-state index is 11.4. The number of rotatable bonds is 4. The van der Waals surface area contributed by atoms with Crippen molar-refractivity contribution in [3.8, 4) is 5.75 Å². The van der Waals surface area contributed by atoms with E-state index in [-0.39, 0.29) is 5.97 Å². The van der Waals surface area contributed by atoms with Gasteiger partial charge < -0.3 is 9.47 Å². The summed E-state index contributed by atoms with van der Waals surface area (Å²) in [5.74, 6) is 0.232. The van der Waals surface area contributed by atoms with Crippen molar-refractivity contribution in [3.05, 3.63) is 64.7 Å². The van der Waals surface area contributed by atoms with E-state index in [1.54, 1.807) is 24.3 Å². The lowest BCUT2D eigenvalue weighted by Crippen LogP contribution is -2.02. The lowest BCUT2D eigenvalue weighted by Gasteiger charge is -2.07. The summed E-state index contributed by atoms with van der Waals surface area (Å²) < 4.78 is 10.3. The van der Waals surface area contributed by atoms with Crippen LogP contribution < -0.4 is 4.74 Å². The van der Waals surface area contributed by atoms with Crippen molar-refractivity contribution >= 4 is 17.6 Å². The molecule has 0 N–H and O–H groups in total. The minimum atomic E-state index is -0.381. The first-order valence-corrected chi connectivity index (χ1v) is 6.12. The van der Waals surface area contributed by atoms with E-state index in [4.69, 9.17) is 16.3 Å². The number of carbonyl (C=O) groups is 1. The molecule has 0 saturated heterocycles. The second-order valence-electron chi connectivity index (χ2n) is 3.94. The fourth-order valence-corrected chi connectivity index (χ4v) is 1.84. The quantitative estimate of drug-likeness (QED) is 0.799. The highest BCUT2D eigenvalue weighted by atomic mass is 35.5. The predicted octanol–water partition coefficient (Wildman–Crippen LogP) is 3.71. The fourth-order valence-electron chi connectivity index (χ4n) is 1.62. The number of hydrogen-bond acceptors (Lipinski definition) is 3. The maximum absolute atomic E-state index is 11.4. The number of ether oxygens (including phenoxy) is 2. The lowest BCUT2D eigenvalue weighted by atomic mass is 10.2. The van der Waals surface area contributed by atoms with E-state index in [1.165, 1.54) is 7.11 Å². The highest BCUT2D eigenvalue weighted by Crippen LogP contribution is 2.17. The largest absolute Gasteiger partial charge is 0.489 e. The third kappa shape index (κ3) is 3.73. The molecule has 0 aliphatic carbocycles. The van der Waals surface area contributed by atoms with Crippen LogP contribution in [0.15, 0.2) is 48.5 Å². The Kier molecular flexibility index (Phi) is 4.42. The Morgan fingerprint density at radius 3 is 2.68 bits per heavy atom. The molecule has 0 bridgehead atoms. The second-order valence-corrected chi connectivity index (χ2v) is 4.37. The van der Waals surface area contributed by atoms with Gasteiger partial charge in [-0.15, -0.1) is 0 Å². The third-order valence-electron chi connectivity index (χ3n) is 2.55. The Balaban J connectivity index is 2.05. The smallest absolute Gasteiger partial charge is 0.337 e. The first-order chi connectivity index (χ1) is 9.19. The predicted molar refractivity (Wildman–Crippen MR) is 73.6 cm³/mol. The first-order valence-electron chi connectivity index (χ1n) is 5.74. The zero-order chi connectivity index (χ0) is 13.7. The fraction of sp³-hybridized carbons (Fsp3) is 0.133. The van der Waals surface area contributed by atoms with Gasteiger partial charge in [0.2, 0.25) is 0 Å². The third-order valence-corrected chi connectivity index (χ3v) is 2.78. The SMILES string of the molecule is COC(=O)c1cccc(OCc2cccc(Cl)c2)c1. The van der Waals surface area contributed by atoms with Gasteiger partial charge in [0.25, 0.3) is 0 Å². The van der Waals surface area contributed by atoms with Crippen LogP contribution in [0.3, 0.4) is 0 Å². The van der Waals surface area contributed by atoms with Crippen molar-refractivity contribution in [3.63, 3.8) is 0 Å². The van der Waals surface area contributed by atoms with Crippen molar-refractivity contribution in [1.82, 2.24) is 0 Å². The molecule has 0 aliphatic rings. The number of carbonyl (C=O) groups excluding carboxylic acids is 1. The number of hydrogen-bond donors (Lipinski definition) is 0. The van der Waals surface area contributed by atoms with Crippen molar-refractivity contribution in [2.24, 2.45) is 0 Å². The Hall–Kier alpha value is -2.00. The highest BCUT2D eigenvalue weighted by molar-refractivity contribution is 6.30. The molecular weight excluding hydrogens is 264 g/mol. The van der Waals surface area contributed by atoms with Crippen LogP contribution in [0.4, 0.5) is 0 Å². The molecule has 0 aliphatic heterocycles. The molecule has 0 aromatic heterocycles. The molecule has 19 heavy (non-hydrogen) atoms. The van der Waals surface area contributed by atoms with E-state index in [0.29, 0.717) is 22.9 Å². The summed E-state index contributed by atoms with van der Waals surface area (Å²) in [5.41, 5.74) is 1.43. The molecule has 2 rings (SSSR count). The zero-order valence-corrected chi connectivity index (χ0v) is 11.2. The molecule has 0 radical (unpaired) electrons. The Morgan fingerprint density at radius 1 is 1.16 bits per heavy atom. The number of benzene rings is 2. The number of esters is 1. The minimum Gasteiger partial charge on any atom is -0.489 e. The summed E-state index contributed by atoms with van der Waals surface area (Å²) in [4.78, 5) is 11.4. The molecule has 98 valence electrons. The van der Waals surface area contributed by atoms with Gasteiger partial charge in [0, 0.05) is 5.02 Å². The Morgan fingerprint density at radius 2 is 1.95 bits per heavy atom. The van der Waals surface area contributed by atoms with Gasteiger partial charge in [-0.1, -0.05) is 29.8 Å². The minimum absolute atomic E-state index is 0.381. The molecule has 0 heterocycles. The van der Waals surface area contributed by atoms with Gasteiger partial charge >= 0.3 is 5.97 Å². The molecule has 0 saturated carbocycles. The van der Waals surface area contributed by atoms with E-state index in [0.717, 1.165) is 5.56 Å². The number of halogens is 1. The Labute approximate surface area is 116 Å². The average Bonchev–Trinajstić information content (AvgIpc) is 2.45. The second kappa shape index (κ2) is 6.25. The molecule has 0 spiro atoms. The van der Waals surface area contributed by atoms with E-state index in [2.05, 4.69) is 4.74 Å². The standard InChI is InChI=1S/C15H13ClO3/c1-18-15(17)12-5-3-7-14(9-12)19-10-11-4-2-6-13(16)8-11/h2-9H,10H2,1H3. The molecule has 3 nitrogen and oxygen atoms in total. The van der Waals surface area contributed by atoms with Crippen LogP contribution in [0.5, 0.6) is 5.75 Å². The summed E-state index contributed by atoms with van der Waals surface area (Å²) in [7, 11) is 1.35. The van der Waals surface area contributed by atoms with Gasteiger partial charge in [-0.3, -0.25) is 0 Å². The van der Waals surface area contributed by atoms with Gasteiger partial charge in [0.15, 0.2) is 0 Å². The van der Waals surface area contributed by atoms with Crippen molar-refractivity contribution in [1.29, 1.82) is 0 Å². The van der Waals surface area contributed by atoms with Crippen molar-refractivity contribution in [2.45, 2.75) is 6.61 Å². The summed E-state index contributed by atoms with van der Waals surface area (Å²) in [6.07, 6.45) is 0. The van der Waals surface area contributed by atoms with Crippen LogP contribution in [-0.4, -0.2) is 13.1 Å². The van der Waals surface area contributed by atoms with Crippen LogP contribution in [0.25, 0.3) is 0 Å². The van der Waals surface area contributed by atoms with Crippen LogP contribution in [0.1, 0.15) is 15.9 Å². The average molecular weight is 277 g/mol. The highest BCUT2D eigenvalue weighted by Gasteiger charge is 2.06. The lowest BCUT2D eigenvalue weighted by molar-refractivity contribution is 0.0600. The summed E-state index contributed by atoms with van der Waals surface area (Å²) in [6.45, 7) is 0.394. The van der Waals surface area contributed by atoms with Crippen molar-refractivity contribution in [2.75, 3.05) is 7.11 Å². The molecule has 0 amide bonds. The van der Waals surface area contributed by atoms with Gasteiger partial charge in [0.1, 0.15) is 12.4 Å². The van der Waals surface area contributed by atoms with E-state index in [1.807, 2.05) is 24.3 Å². The van der Waals surface area contributed by atoms with E-state index < -0.39 is 0 Å². The van der Waals surface area contributed by atoms with Gasteiger partial charge in [-0.2, -0.15) is 0 Å². The van der Waals surface area contributed by atoms with Crippen LogP contribution in [0, 0.1) is 0 Å². The van der Waals surface area contributed by atoms with Crippen LogP contribution in [0.2, 0.25) is 5.02 Å². The normalized spacial score (nSPS) is 10.0. The summed E-state index contributed by atoms with van der Waals surface area (Å²) in [6, 6.07) is 14.3. The number of methoxy groups -OCH3 is 1. The molecule has 0 fully saturated rings. The van der Waals surface area contributed by atoms with Crippen molar-refractivity contribution < 1.29 is 14.3 Å². The van der Waals surface area contributed by atoms with E-state index in [9.17, 15) is 4.79 Å². The molecule has 2 aromatic carbocycles. The monoisotopic (exact) mass is 276 g/mol. The Bertz CT molecular complexity index is 581. The molecule has 2 aromatic rings. The maximum Gasteiger partial charge on any atom is 0.337 e. The van der Waals surface area contributed by atoms with Crippen LogP contribution in [-0.2, 0) is 11.3 Å². The van der Waals surface area contributed by atoms with Gasteiger partial charge in [0.05, 0.1) is 12.7 Å². The first kappa shape index (κ1) is 13.4. The van der Waals surface area contributed by atoms with Gasteiger partial charge in [-0.05, 0) is 35.9 Å². The summed E-state index contributed by atoms with van der Waals surface area (Å²) >= 11 is 5.90. The zero-order valence-electron chi connectivity index (χ0n) is 10.4.